The van der Waals surface area contributed by atoms with Gasteiger partial charge in [0.1, 0.15) is 5.75 Å². The fourth-order valence-electron chi connectivity index (χ4n) is 2.47. The van der Waals surface area contributed by atoms with Crippen LogP contribution in [0.25, 0.3) is 0 Å². The SMILES string of the molecule is Cc1ccc(C(=O)N2CC(CO)OC(C)(C)C2)cc1O. The van der Waals surface area contributed by atoms with E-state index in [2.05, 4.69) is 0 Å². The van der Waals surface area contributed by atoms with Gasteiger partial charge >= 0.3 is 0 Å². The minimum atomic E-state index is -0.492. The number of morpholine rings is 1. The van der Waals surface area contributed by atoms with Crippen LogP contribution in [0.2, 0.25) is 0 Å². The Hall–Kier alpha value is -1.59. The second kappa shape index (κ2) is 5.42. The molecule has 1 saturated heterocycles. The summed E-state index contributed by atoms with van der Waals surface area (Å²) in [4.78, 5) is 14.2. The third kappa shape index (κ3) is 3.11. The van der Waals surface area contributed by atoms with Crippen molar-refractivity contribution in [1.29, 1.82) is 0 Å². The molecule has 5 heteroatoms. The lowest BCUT2D eigenvalue weighted by atomic mass is 10.0. The summed E-state index contributed by atoms with van der Waals surface area (Å²) >= 11 is 0. The molecule has 2 N–H and O–H groups in total. The number of aliphatic hydroxyl groups excluding tert-OH is 1. The number of hydrogen-bond acceptors (Lipinski definition) is 4. The van der Waals surface area contributed by atoms with E-state index in [0.29, 0.717) is 18.7 Å². The van der Waals surface area contributed by atoms with E-state index in [1.165, 1.54) is 6.07 Å². The van der Waals surface area contributed by atoms with Crippen LogP contribution >= 0.6 is 0 Å². The zero-order chi connectivity index (χ0) is 14.9. The molecular weight excluding hydrogens is 258 g/mol. The Kier molecular flexibility index (Phi) is 4.01. The van der Waals surface area contributed by atoms with Crippen LogP contribution in [0.4, 0.5) is 0 Å². The Balaban J connectivity index is 2.21. The minimum Gasteiger partial charge on any atom is -0.508 e. The molecule has 1 fully saturated rings. The first-order valence-corrected chi connectivity index (χ1v) is 6.70. The fraction of sp³-hybridized carbons (Fsp3) is 0.533. The van der Waals surface area contributed by atoms with E-state index in [-0.39, 0.29) is 24.4 Å². The number of rotatable bonds is 2. The number of nitrogens with zero attached hydrogens (tertiary/aromatic N) is 1. The first-order chi connectivity index (χ1) is 9.32. The average Bonchev–Trinajstić information content (AvgIpc) is 2.39. The van der Waals surface area contributed by atoms with Gasteiger partial charge in [-0.3, -0.25) is 4.79 Å². The molecule has 1 aliphatic heterocycles. The van der Waals surface area contributed by atoms with Crippen LogP contribution in [0.3, 0.4) is 0 Å². The van der Waals surface area contributed by atoms with Gasteiger partial charge in [0.25, 0.3) is 5.91 Å². The number of carbonyl (C=O) groups is 1. The second-order valence-electron chi connectivity index (χ2n) is 5.87. The summed E-state index contributed by atoms with van der Waals surface area (Å²) in [5.41, 5.74) is 0.688. The van der Waals surface area contributed by atoms with Gasteiger partial charge in [0.2, 0.25) is 0 Å². The summed E-state index contributed by atoms with van der Waals surface area (Å²) in [7, 11) is 0. The third-order valence-electron chi connectivity index (χ3n) is 3.43. The van der Waals surface area contributed by atoms with Crippen LogP contribution in [0, 0.1) is 6.92 Å². The number of aryl methyl sites for hydroxylation is 1. The van der Waals surface area contributed by atoms with Crippen molar-refractivity contribution in [2.24, 2.45) is 0 Å². The fourth-order valence-corrected chi connectivity index (χ4v) is 2.47. The summed E-state index contributed by atoms with van der Waals surface area (Å²) in [6.45, 7) is 6.25. The molecule has 0 radical (unpaired) electrons. The van der Waals surface area contributed by atoms with Gasteiger partial charge < -0.3 is 19.8 Å². The van der Waals surface area contributed by atoms with Gasteiger partial charge in [-0.2, -0.15) is 0 Å². The minimum absolute atomic E-state index is 0.113. The zero-order valence-corrected chi connectivity index (χ0v) is 12.1. The maximum Gasteiger partial charge on any atom is 0.254 e. The number of aromatic hydroxyl groups is 1. The summed E-state index contributed by atoms with van der Waals surface area (Å²) in [6.07, 6.45) is -0.373. The summed E-state index contributed by atoms with van der Waals surface area (Å²) in [5.74, 6) is -0.0443. The smallest absolute Gasteiger partial charge is 0.254 e. The van der Waals surface area contributed by atoms with Crippen molar-refractivity contribution in [2.45, 2.75) is 32.5 Å². The first kappa shape index (κ1) is 14.8. The van der Waals surface area contributed by atoms with Crippen LogP contribution in [0.15, 0.2) is 18.2 Å². The molecule has 1 aliphatic rings. The van der Waals surface area contributed by atoms with Crippen molar-refractivity contribution in [2.75, 3.05) is 19.7 Å². The van der Waals surface area contributed by atoms with E-state index >= 15 is 0 Å². The Bertz CT molecular complexity index is 513. The van der Waals surface area contributed by atoms with Crippen molar-refractivity contribution in [1.82, 2.24) is 4.90 Å². The lowest BCUT2D eigenvalue weighted by Crippen LogP contribution is -2.55. The molecule has 1 heterocycles. The van der Waals surface area contributed by atoms with Crippen molar-refractivity contribution >= 4 is 5.91 Å². The van der Waals surface area contributed by atoms with Gasteiger partial charge in [0.05, 0.1) is 18.3 Å². The highest BCUT2D eigenvalue weighted by Gasteiger charge is 2.35. The predicted molar refractivity (Wildman–Crippen MR) is 74.8 cm³/mol. The quantitative estimate of drug-likeness (QED) is 0.856. The highest BCUT2D eigenvalue weighted by atomic mass is 16.5. The van der Waals surface area contributed by atoms with Gasteiger partial charge in [0, 0.05) is 18.7 Å². The molecule has 0 aromatic heterocycles. The maximum absolute atomic E-state index is 12.5. The van der Waals surface area contributed by atoms with Crippen LogP contribution < -0.4 is 0 Å². The molecule has 110 valence electrons. The molecule has 2 rings (SSSR count). The number of carbonyl (C=O) groups excluding carboxylic acids is 1. The Morgan fingerprint density at radius 1 is 1.50 bits per heavy atom. The standard InChI is InChI=1S/C15H21NO4/c1-10-4-5-11(6-13(10)18)14(19)16-7-12(8-17)20-15(2,3)9-16/h4-6,12,17-18H,7-9H2,1-3H3. The summed E-state index contributed by atoms with van der Waals surface area (Å²) < 4.78 is 5.69. The molecule has 0 bridgehead atoms. The third-order valence-corrected chi connectivity index (χ3v) is 3.43. The molecule has 1 unspecified atom stereocenters. The monoisotopic (exact) mass is 279 g/mol. The molecule has 20 heavy (non-hydrogen) atoms. The molecular formula is C15H21NO4. The maximum atomic E-state index is 12.5. The molecule has 0 aliphatic carbocycles. The van der Waals surface area contributed by atoms with Gasteiger partial charge in [-0.1, -0.05) is 6.07 Å². The van der Waals surface area contributed by atoms with Crippen LogP contribution in [0.1, 0.15) is 29.8 Å². The molecule has 0 saturated carbocycles. The number of benzene rings is 1. The van der Waals surface area contributed by atoms with Crippen LogP contribution in [0.5, 0.6) is 5.75 Å². The number of aliphatic hydroxyl groups is 1. The van der Waals surface area contributed by atoms with E-state index in [1.807, 2.05) is 13.8 Å². The average molecular weight is 279 g/mol. The van der Waals surface area contributed by atoms with Gasteiger partial charge in [-0.15, -0.1) is 0 Å². The number of amides is 1. The number of ether oxygens (including phenoxy) is 1. The second-order valence-corrected chi connectivity index (χ2v) is 5.87. The van der Waals surface area contributed by atoms with Gasteiger partial charge in [-0.25, -0.2) is 0 Å². The van der Waals surface area contributed by atoms with E-state index in [1.54, 1.807) is 24.0 Å². The highest BCUT2D eigenvalue weighted by Crippen LogP contribution is 2.24. The Morgan fingerprint density at radius 2 is 2.20 bits per heavy atom. The van der Waals surface area contributed by atoms with E-state index in [9.17, 15) is 15.0 Å². The normalized spacial score (nSPS) is 21.8. The lowest BCUT2D eigenvalue weighted by molar-refractivity contribution is -0.139. The Morgan fingerprint density at radius 3 is 2.80 bits per heavy atom. The van der Waals surface area contributed by atoms with E-state index < -0.39 is 5.60 Å². The van der Waals surface area contributed by atoms with Crippen molar-refractivity contribution < 1.29 is 19.7 Å². The molecule has 1 atom stereocenters. The van der Waals surface area contributed by atoms with Crippen LogP contribution in [-0.4, -0.2) is 52.4 Å². The first-order valence-electron chi connectivity index (χ1n) is 6.70. The van der Waals surface area contributed by atoms with Crippen molar-refractivity contribution in [3.63, 3.8) is 0 Å². The molecule has 5 nitrogen and oxygen atoms in total. The lowest BCUT2D eigenvalue weighted by Gasteiger charge is -2.42. The Labute approximate surface area is 118 Å². The number of phenolic OH excluding ortho intramolecular Hbond substituents is 1. The molecule has 1 aromatic carbocycles. The largest absolute Gasteiger partial charge is 0.508 e. The molecule has 1 amide bonds. The topological polar surface area (TPSA) is 70.0 Å². The summed E-state index contributed by atoms with van der Waals surface area (Å²) in [5, 5.41) is 19.0. The van der Waals surface area contributed by atoms with E-state index in [0.717, 1.165) is 5.56 Å². The van der Waals surface area contributed by atoms with Crippen molar-refractivity contribution in [3.05, 3.63) is 29.3 Å². The highest BCUT2D eigenvalue weighted by molar-refractivity contribution is 5.94. The number of hydrogen-bond donors (Lipinski definition) is 2. The van der Waals surface area contributed by atoms with Gasteiger partial charge in [0.15, 0.2) is 0 Å². The predicted octanol–water partition coefficient (Wildman–Crippen LogP) is 1.31. The van der Waals surface area contributed by atoms with Crippen LogP contribution in [-0.2, 0) is 4.74 Å². The number of phenols is 1. The van der Waals surface area contributed by atoms with Crippen molar-refractivity contribution in [3.8, 4) is 5.75 Å². The molecule has 0 spiro atoms. The molecule has 1 aromatic rings. The van der Waals surface area contributed by atoms with Gasteiger partial charge in [-0.05, 0) is 38.5 Å². The van der Waals surface area contributed by atoms with E-state index in [4.69, 9.17) is 4.74 Å². The summed E-state index contributed by atoms with van der Waals surface area (Å²) in [6, 6.07) is 4.90. The zero-order valence-electron chi connectivity index (χ0n) is 12.1.